The van der Waals surface area contributed by atoms with Gasteiger partial charge >= 0.3 is 5.97 Å². The Morgan fingerprint density at radius 3 is 1.75 bits per heavy atom. The number of hydrogen-bond donors (Lipinski definition) is 0. The van der Waals surface area contributed by atoms with Crippen molar-refractivity contribution in [1.29, 1.82) is 0 Å². The van der Waals surface area contributed by atoms with Gasteiger partial charge in [0.15, 0.2) is 0 Å². The molecule has 1 atom stereocenters. The summed E-state index contributed by atoms with van der Waals surface area (Å²) in [4.78, 5) is 12.3. The van der Waals surface area contributed by atoms with E-state index in [1.165, 1.54) is 0 Å². The van der Waals surface area contributed by atoms with Gasteiger partial charge < -0.3 is 4.74 Å². The molecule has 0 aliphatic carbocycles. The lowest BCUT2D eigenvalue weighted by molar-refractivity contribution is -0.139. The molecular formula is C17H13BrO2. The zero-order valence-corrected chi connectivity index (χ0v) is 12.3. The van der Waals surface area contributed by atoms with Crippen LogP contribution in [0.1, 0.15) is 11.1 Å². The third kappa shape index (κ3) is 1.74. The topological polar surface area (TPSA) is 26.3 Å². The molecule has 2 aromatic carbocycles. The molecule has 1 aliphatic rings. The number of esters is 1. The highest BCUT2D eigenvalue weighted by atomic mass is 79.9. The van der Waals surface area contributed by atoms with Gasteiger partial charge in [0, 0.05) is 0 Å². The molecule has 0 bridgehead atoms. The van der Waals surface area contributed by atoms with E-state index in [1.807, 2.05) is 60.7 Å². The summed E-state index contributed by atoms with van der Waals surface area (Å²) < 4.78 is 5.32. The van der Waals surface area contributed by atoms with Crippen LogP contribution in [0.5, 0.6) is 0 Å². The first-order valence-corrected chi connectivity index (χ1v) is 7.25. The van der Waals surface area contributed by atoms with Crippen LogP contribution in [0, 0.1) is 0 Å². The summed E-state index contributed by atoms with van der Waals surface area (Å²) in [7, 11) is 0. The molecule has 1 saturated heterocycles. The molecule has 100 valence electrons. The molecule has 20 heavy (non-hydrogen) atoms. The third-order valence-electron chi connectivity index (χ3n) is 3.67. The van der Waals surface area contributed by atoms with Gasteiger partial charge in [-0.1, -0.05) is 83.2 Å². The minimum Gasteiger partial charge on any atom is -0.429 e. The van der Waals surface area contributed by atoms with Crippen molar-refractivity contribution in [3.8, 4) is 0 Å². The van der Waals surface area contributed by atoms with Crippen LogP contribution in [0.3, 0.4) is 0 Å². The first kappa shape index (κ1) is 13.1. The number of cyclic esters (lactones) is 1. The van der Waals surface area contributed by atoms with Crippen molar-refractivity contribution in [3.05, 3.63) is 84.1 Å². The van der Waals surface area contributed by atoms with E-state index in [0.29, 0.717) is 5.76 Å². The van der Waals surface area contributed by atoms with Crippen molar-refractivity contribution >= 4 is 21.9 Å². The van der Waals surface area contributed by atoms with Crippen LogP contribution in [0.4, 0.5) is 0 Å². The lowest BCUT2D eigenvalue weighted by Gasteiger charge is -2.29. The lowest BCUT2D eigenvalue weighted by atomic mass is 9.73. The van der Waals surface area contributed by atoms with Gasteiger partial charge in [-0.25, -0.2) is 0 Å². The summed E-state index contributed by atoms with van der Waals surface area (Å²) >= 11 is 3.60. The van der Waals surface area contributed by atoms with Crippen molar-refractivity contribution < 1.29 is 9.53 Å². The molecule has 1 heterocycles. The number of alkyl halides is 1. The summed E-state index contributed by atoms with van der Waals surface area (Å²) in [6, 6.07) is 19.3. The van der Waals surface area contributed by atoms with Crippen molar-refractivity contribution in [2.75, 3.05) is 0 Å². The van der Waals surface area contributed by atoms with Crippen LogP contribution < -0.4 is 0 Å². The van der Waals surface area contributed by atoms with Gasteiger partial charge in [-0.05, 0) is 11.1 Å². The van der Waals surface area contributed by atoms with E-state index in [1.54, 1.807) is 0 Å². The first-order chi connectivity index (χ1) is 9.67. The lowest BCUT2D eigenvalue weighted by Crippen LogP contribution is -2.39. The molecule has 2 nitrogen and oxygen atoms in total. The number of ether oxygens (including phenoxy) is 1. The quantitative estimate of drug-likeness (QED) is 0.619. The number of halogens is 1. The van der Waals surface area contributed by atoms with Gasteiger partial charge in [0.2, 0.25) is 0 Å². The largest absolute Gasteiger partial charge is 0.429 e. The summed E-state index contributed by atoms with van der Waals surface area (Å²) in [6.07, 6.45) is 0. The second-order valence-electron chi connectivity index (χ2n) is 4.76. The van der Waals surface area contributed by atoms with Crippen LogP contribution in [0.2, 0.25) is 0 Å². The standard InChI is InChI=1S/C17H13BrO2/c1-12-15(18)17(16(19)20-12,13-8-4-2-5-9-13)14-10-6-3-7-11-14/h2-11,15H,1H2. The van der Waals surface area contributed by atoms with E-state index >= 15 is 0 Å². The highest BCUT2D eigenvalue weighted by Gasteiger charge is 2.56. The molecule has 0 N–H and O–H groups in total. The number of carbonyl (C=O) groups is 1. The Bertz CT molecular complexity index is 610. The van der Waals surface area contributed by atoms with Crippen LogP contribution in [0.15, 0.2) is 73.0 Å². The molecular weight excluding hydrogens is 316 g/mol. The fraction of sp³-hybridized carbons (Fsp3) is 0.118. The van der Waals surface area contributed by atoms with Crippen molar-refractivity contribution in [1.82, 2.24) is 0 Å². The third-order valence-corrected chi connectivity index (χ3v) is 4.86. The predicted octanol–water partition coefficient (Wildman–Crippen LogP) is 3.81. The molecule has 1 unspecified atom stereocenters. The average Bonchev–Trinajstić information content (AvgIpc) is 2.72. The smallest absolute Gasteiger partial charge is 0.327 e. The van der Waals surface area contributed by atoms with Crippen LogP contribution in [0.25, 0.3) is 0 Å². The molecule has 2 aromatic rings. The maximum Gasteiger partial charge on any atom is 0.327 e. The normalized spacial score (nSPS) is 20.8. The van der Waals surface area contributed by atoms with Crippen LogP contribution in [-0.4, -0.2) is 10.8 Å². The Balaban J connectivity index is 2.30. The van der Waals surface area contributed by atoms with Crippen molar-refractivity contribution in [2.24, 2.45) is 0 Å². The highest BCUT2D eigenvalue weighted by Crippen LogP contribution is 2.48. The van der Waals surface area contributed by atoms with Gasteiger partial charge in [-0.15, -0.1) is 0 Å². The molecule has 3 rings (SSSR count). The van der Waals surface area contributed by atoms with Gasteiger partial charge in [-0.2, -0.15) is 0 Å². The SMILES string of the molecule is C=C1OC(=O)C(c2ccccc2)(c2ccccc2)C1Br. The van der Waals surface area contributed by atoms with E-state index in [4.69, 9.17) is 4.74 Å². The van der Waals surface area contributed by atoms with Gasteiger partial charge in [0.05, 0.1) is 4.83 Å². The Morgan fingerprint density at radius 1 is 0.950 bits per heavy atom. The molecule has 0 saturated carbocycles. The fourth-order valence-corrected chi connectivity index (χ4v) is 3.50. The molecule has 1 fully saturated rings. The monoisotopic (exact) mass is 328 g/mol. The van der Waals surface area contributed by atoms with Crippen molar-refractivity contribution in [3.63, 3.8) is 0 Å². The van der Waals surface area contributed by atoms with Gasteiger partial charge in [0.1, 0.15) is 11.2 Å². The Kier molecular flexibility index (Phi) is 3.22. The number of hydrogen-bond acceptors (Lipinski definition) is 2. The second-order valence-corrected chi connectivity index (χ2v) is 5.67. The summed E-state index contributed by atoms with van der Waals surface area (Å²) in [5, 5.41) is 0. The average molecular weight is 329 g/mol. The van der Waals surface area contributed by atoms with E-state index in [9.17, 15) is 4.79 Å². The number of rotatable bonds is 2. The Hall–Kier alpha value is -1.87. The molecule has 0 spiro atoms. The molecule has 3 heteroatoms. The Labute approximate surface area is 126 Å². The van der Waals surface area contributed by atoms with Crippen molar-refractivity contribution in [2.45, 2.75) is 10.2 Å². The maximum absolute atomic E-state index is 12.6. The number of benzene rings is 2. The minimum atomic E-state index is -0.875. The van der Waals surface area contributed by atoms with Gasteiger partial charge in [0.25, 0.3) is 0 Å². The summed E-state index contributed by atoms with van der Waals surface area (Å²) in [5.74, 6) is 0.157. The molecule has 0 aromatic heterocycles. The van der Waals surface area contributed by atoms with E-state index in [0.717, 1.165) is 11.1 Å². The highest BCUT2D eigenvalue weighted by molar-refractivity contribution is 9.09. The number of allylic oxidation sites excluding steroid dienone is 1. The first-order valence-electron chi connectivity index (χ1n) is 6.33. The van der Waals surface area contributed by atoms with E-state index in [2.05, 4.69) is 22.5 Å². The number of carbonyl (C=O) groups excluding carboxylic acids is 1. The van der Waals surface area contributed by atoms with Crippen LogP contribution >= 0.6 is 15.9 Å². The predicted molar refractivity (Wildman–Crippen MR) is 81.6 cm³/mol. The van der Waals surface area contributed by atoms with E-state index < -0.39 is 5.41 Å². The fourth-order valence-electron chi connectivity index (χ4n) is 2.69. The molecule has 0 amide bonds. The zero-order chi connectivity index (χ0) is 14.2. The maximum atomic E-state index is 12.6. The van der Waals surface area contributed by atoms with Gasteiger partial charge in [-0.3, -0.25) is 4.79 Å². The molecule has 0 radical (unpaired) electrons. The minimum absolute atomic E-state index is 0.285. The zero-order valence-electron chi connectivity index (χ0n) is 10.8. The van der Waals surface area contributed by atoms with Crippen LogP contribution in [-0.2, 0) is 14.9 Å². The summed E-state index contributed by atoms with van der Waals surface area (Å²) in [6.45, 7) is 3.84. The molecule has 1 aliphatic heterocycles. The Morgan fingerprint density at radius 2 is 1.40 bits per heavy atom. The van der Waals surface area contributed by atoms with E-state index in [-0.39, 0.29) is 10.8 Å². The summed E-state index contributed by atoms with van der Waals surface area (Å²) in [5.41, 5.74) is 0.924. The second kappa shape index (κ2) is 4.91.